The lowest BCUT2D eigenvalue weighted by atomic mass is 10.6. The van der Waals surface area contributed by atoms with Gasteiger partial charge >= 0.3 is 0 Å². The molecule has 0 aromatic carbocycles. The Bertz CT molecular complexity index is 369. The maximum atomic E-state index is 4.95. The minimum Gasteiger partial charge on any atom is -0.478 e. The summed E-state index contributed by atoms with van der Waals surface area (Å²) in [6.07, 6.45) is 4.99. The summed E-state index contributed by atoms with van der Waals surface area (Å²) in [6, 6.07) is 0. The quantitative estimate of drug-likeness (QED) is 0.580. The smallest absolute Gasteiger partial charge is 0.260 e. The van der Waals surface area contributed by atoms with Gasteiger partial charge < -0.3 is 4.74 Å². The predicted molar refractivity (Wildman–Crippen MR) is 37.3 cm³/mol. The number of fused-ring (bicyclic) bond motifs is 1. The van der Waals surface area contributed by atoms with E-state index in [0.717, 1.165) is 0 Å². The van der Waals surface area contributed by atoms with Crippen molar-refractivity contribution in [2.24, 2.45) is 0 Å². The van der Waals surface area contributed by atoms with Gasteiger partial charge in [-0.2, -0.15) is 0 Å². The fourth-order valence-corrected chi connectivity index (χ4v) is 0.879. The molecule has 0 aliphatic heterocycles. The van der Waals surface area contributed by atoms with Crippen LogP contribution in [-0.4, -0.2) is 26.7 Å². The molecule has 2 aromatic rings. The third kappa shape index (κ3) is 0.813. The highest BCUT2D eigenvalue weighted by atomic mass is 16.5. The Morgan fingerprint density at radius 3 is 3.27 bits per heavy atom. The zero-order valence-electron chi connectivity index (χ0n) is 5.93. The van der Waals surface area contributed by atoms with Crippen LogP contribution >= 0.6 is 0 Å². The highest BCUT2D eigenvalue weighted by Gasteiger charge is 2.02. The van der Waals surface area contributed by atoms with E-state index >= 15 is 0 Å². The number of nitrogens with zero attached hydrogens (tertiary/aromatic N) is 4. The van der Waals surface area contributed by atoms with Gasteiger partial charge in [-0.1, -0.05) is 0 Å². The molecule has 0 unspecified atom stereocenters. The Hall–Kier alpha value is -1.65. The first kappa shape index (κ1) is 6.09. The number of rotatable bonds is 1. The van der Waals surface area contributed by atoms with Gasteiger partial charge in [0.2, 0.25) is 5.65 Å². The van der Waals surface area contributed by atoms with E-state index in [2.05, 4.69) is 15.2 Å². The zero-order valence-corrected chi connectivity index (χ0v) is 5.93. The summed E-state index contributed by atoms with van der Waals surface area (Å²) >= 11 is 0. The molecule has 0 bridgehead atoms. The molecule has 2 rings (SSSR count). The van der Waals surface area contributed by atoms with Crippen LogP contribution < -0.4 is 4.74 Å². The fourth-order valence-electron chi connectivity index (χ4n) is 0.879. The molecule has 0 saturated carbocycles. The van der Waals surface area contributed by atoms with Gasteiger partial charge in [-0.25, -0.2) is 4.98 Å². The Morgan fingerprint density at radius 1 is 1.55 bits per heavy atom. The van der Waals surface area contributed by atoms with E-state index < -0.39 is 0 Å². The first-order valence-corrected chi connectivity index (χ1v) is 3.10. The lowest BCUT2D eigenvalue weighted by Gasteiger charge is -1.97. The summed E-state index contributed by atoms with van der Waals surface area (Å²) in [6.45, 7) is 0. The molecule has 5 nitrogen and oxygen atoms in total. The number of hydrogen-bond acceptors (Lipinski definition) is 4. The van der Waals surface area contributed by atoms with Gasteiger partial charge in [-0.05, 0) is 0 Å². The standard InChI is InChI=1S/C6H6N4O/c1-11-6-5-9-8-4-10(5)3-2-7-6/h2-4H,1H3. The largest absolute Gasteiger partial charge is 0.478 e. The minimum absolute atomic E-state index is 0.491. The Kier molecular flexibility index (Phi) is 1.21. The average Bonchev–Trinajstić information content (AvgIpc) is 2.50. The first-order valence-electron chi connectivity index (χ1n) is 3.10. The van der Waals surface area contributed by atoms with Crippen molar-refractivity contribution in [3.8, 4) is 5.88 Å². The predicted octanol–water partition coefficient (Wildman–Crippen LogP) is 0.133. The topological polar surface area (TPSA) is 52.3 Å². The van der Waals surface area contributed by atoms with Gasteiger partial charge in [0, 0.05) is 12.4 Å². The summed E-state index contributed by atoms with van der Waals surface area (Å²) in [5.41, 5.74) is 0.634. The van der Waals surface area contributed by atoms with Crippen molar-refractivity contribution >= 4 is 5.65 Å². The summed E-state index contributed by atoms with van der Waals surface area (Å²) < 4.78 is 6.69. The molecule has 0 amide bonds. The highest BCUT2D eigenvalue weighted by molar-refractivity contribution is 5.46. The molecule has 5 heteroatoms. The molecule has 0 fully saturated rings. The zero-order chi connectivity index (χ0) is 7.68. The number of hydrogen-bond donors (Lipinski definition) is 0. The van der Waals surface area contributed by atoms with Gasteiger partial charge in [0.25, 0.3) is 5.88 Å². The second-order valence-electron chi connectivity index (χ2n) is 2.00. The second-order valence-corrected chi connectivity index (χ2v) is 2.00. The molecule has 0 aliphatic rings. The SMILES string of the molecule is COc1nccn2cnnc12. The van der Waals surface area contributed by atoms with Crippen molar-refractivity contribution in [2.45, 2.75) is 0 Å². The van der Waals surface area contributed by atoms with Gasteiger partial charge in [0.15, 0.2) is 0 Å². The van der Waals surface area contributed by atoms with Crippen LogP contribution in [0.3, 0.4) is 0 Å². The maximum absolute atomic E-state index is 4.95. The summed E-state index contributed by atoms with van der Waals surface area (Å²) in [7, 11) is 1.55. The molecular formula is C6H6N4O. The van der Waals surface area contributed by atoms with Crippen LogP contribution in [-0.2, 0) is 0 Å². The van der Waals surface area contributed by atoms with Crippen LogP contribution in [0.15, 0.2) is 18.7 Å². The third-order valence-electron chi connectivity index (χ3n) is 1.38. The van der Waals surface area contributed by atoms with Crippen molar-refractivity contribution in [1.29, 1.82) is 0 Å². The maximum Gasteiger partial charge on any atom is 0.260 e. The van der Waals surface area contributed by atoms with E-state index in [1.807, 2.05) is 0 Å². The lowest BCUT2D eigenvalue weighted by Crippen LogP contribution is -1.92. The normalized spacial score (nSPS) is 10.3. The molecule has 0 N–H and O–H groups in total. The van der Waals surface area contributed by atoms with E-state index in [9.17, 15) is 0 Å². The van der Waals surface area contributed by atoms with Crippen molar-refractivity contribution in [2.75, 3.05) is 7.11 Å². The van der Waals surface area contributed by atoms with E-state index in [4.69, 9.17) is 4.74 Å². The molecule has 0 radical (unpaired) electrons. The van der Waals surface area contributed by atoms with Crippen LogP contribution in [0.1, 0.15) is 0 Å². The fraction of sp³-hybridized carbons (Fsp3) is 0.167. The minimum atomic E-state index is 0.491. The summed E-state index contributed by atoms with van der Waals surface area (Å²) in [5.74, 6) is 0.491. The third-order valence-corrected chi connectivity index (χ3v) is 1.38. The van der Waals surface area contributed by atoms with Crippen LogP contribution in [0.5, 0.6) is 5.88 Å². The Morgan fingerprint density at radius 2 is 2.45 bits per heavy atom. The molecule has 0 spiro atoms. The van der Waals surface area contributed by atoms with Gasteiger partial charge in [0.1, 0.15) is 6.33 Å². The van der Waals surface area contributed by atoms with Gasteiger partial charge in [-0.15, -0.1) is 10.2 Å². The Balaban J connectivity index is 2.79. The molecule has 0 atom stereocenters. The van der Waals surface area contributed by atoms with E-state index in [-0.39, 0.29) is 0 Å². The van der Waals surface area contributed by atoms with Crippen LogP contribution in [0.25, 0.3) is 5.65 Å². The van der Waals surface area contributed by atoms with E-state index in [0.29, 0.717) is 11.5 Å². The monoisotopic (exact) mass is 150 g/mol. The lowest BCUT2D eigenvalue weighted by molar-refractivity contribution is 0.400. The van der Waals surface area contributed by atoms with E-state index in [1.54, 1.807) is 30.2 Å². The Labute approximate surface area is 62.7 Å². The molecule has 0 saturated heterocycles. The molecule has 11 heavy (non-hydrogen) atoms. The average molecular weight is 150 g/mol. The molecule has 2 aromatic heterocycles. The van der Waals surface area contributed by atoms with Crippen LogP contribution in [0.2, 0.25) is 0 Å². The van der Waals surface area contributed by atoms with Crippen molar-refractivity contribution < 1.29 is 4.74 Å². The van der Waals surface area contributed by atoms with Crippen molar-refractivity contribution in [3.63, 3.8) is 0 Å². The number of methoxy groups -OCH3 is 1. The van der Waals surface area contributed by atoms with Crippen molar-refractivity contribution in [3.05, 3.63) is 18.7 Å². The number of aromatic nitrogens is 4. The summed E-state index contributed by atoms with van der Waals surface area (Å²) in [5, 5.41) is 7.52. The second kappa shape index (κ2) is 2.19. The molecular weight excluding hydrogens is 144 g/mol. The van der Waals surface area contributed by atoms with Crippen molar-refractivity contribution in [1.82, 2.24) is 19.6 Å². The molecule has 2 heterocycles. The van der Waals surface area contributed by atoms with E-state index in [1.165, 1.54) is 0 Å². The highest BCUT2D eigenvalue weighted by Crippen LogP contribution is 2.10. The van der Waals surface area contributed by atoms with Gasteiger partial charge in [-0.3, -0.25) is 4.40 Å². The molecule has 0 aliphatic carbocycles. The van der Waals surface area contributed by atoms with Gasteiger partial charge in [0.05, 0.1) is 7.11 Å². The number of ether oxygens (including phenoxy) is 1. The summed E-state index contributed by atoms with van der Waals surface area (Å²) in [4.78, 5) is 3.95. The first-order chi connectivity index (χ1) is 5.42. The molecule has 56 valence electrons. The van der Waals surface area contributed by atoms with Crippen LogP contribution in [0.4, 0.5) is 0 Å². The van der Waals surface area contributed by atoms with Crippen LogP contribution in [0, 0.1) is 0 Å².